The molecule has 6 heteroatoms. The third kappa shape index (κ3) is 3.77. The third-order valence-electron chi connectivity index (χ3n) is 3.29. The molecule has 1 saturated carbocycles. The number of carbonyl (C=O) groups is 2. The highest BCUT2D eigenvalue weighted by atomic mass is 19.1. The Kier molecular flexibility index (Phi) is 4.34. The van der Waals surface area contributed by atoms with E-state index in [4.69, 9.17) is 5.11 Å². The number of hydrogen-bond acceptors (Lipinski definition) is 3. The molecule has 2 rings (SSSR count). The molecule has 2 unspecified atom stereocenters. The van der Waals surface area contributed by atoms with Gasteiger partial charge in [0.2, 0.25) is 5.91 Å². The number of carboxylic acids is 1. The molecule has 5 nitrogen and oxygen atoms in total. The molecule has 1 aliphatic rings. The SMILES string of the molecule is O=C(CC(O)c1cccc(F)c1)NC(C(=O)O)C1CC1. The van der Waals surface area contributed by atoms with Gasteiger partial charge in [-0.2, -0.15) is 0 Å². The average Bonchev–Trinajstić information content (AvgIpc) is 3.19. The predicted octanol–water partition coefficient (Wildman–Crippen LogP) is 1.23. The van der Waals surface area contributed by atoms with E-state index in [0.717, 1.165) is 18.9 Å². The van der Waals surface area contributed by atoms with Crippen molar-refractivity contribution < 1.29 is 24.2 Å². The predicted molar refractivity (Wildman–Crippen MR) is 68.3 cm³/mol. The Morgan fingerprint density at radius 3 is 2.65 bits per heavy atom. The summed E-state index contributed by atoms with van der Waals surface area (Å²) >= 11 is 0. The van der Waals surface area contributed by atoms with Gasteiger partial charge in [0.1, 0.15) is 11.9 Å². The Bertz CT molecular complexity index is 516. The van der Waals surface area contributed by atoms with Crippen molar-refractivity contribution >= 4 is 11.9 Å². The van der Waals surface area contributed by atoms with Crippen LogP contribution in [0.2, 0.25) is 0 Å². The van der Waals surface area contributed by atoms with E-state index < -0.39 is 29.8 Å². The zero-order valence-electron chi connectivity index (χ0n) is 10.8. The zero-order chi connectivity index (χ0) is 14.7. The maximum Gasteiger partial charge on any atom is 0.326 e. The fraction of sp³-hybridized carbons (Fsp3) is 0.429. The molecule has 20 heavy (non-hydrogen) atoms. The molecule has 0 heterocycles. The smallest absolute Gasteiger partial charge is 0.326 e. The molecule has 0 radical (unpaired) electrons. The number of hydrogen-bond donors (Lipinski definition) is 3. The maximum absolute atomic E-state index is 13.0. The second kappa shape index (κ2) is 6.00. The van der Waals surface area contributed by atoms with Gasteiger partial charge in [-0.25, -0.2) is 9.18 Å². The highest BCUT2D eigenvalue weighted by molar-refractivity contribution is 5.84. The summed E-state index contributed by atoms with van der Waals surface area (Å²) in [6.07, 6.45) is 0.118. The Morgan fingerprint density at radius 1 is 1.40 bits per heavy atom. The molecule has 0 saturated heterocycles. The number of benzene rings is 1. The van der Waals surface area contributed by atoms with Crippen molar-refractivity contribution in [2.45, 2.75) is 31.4 Å². The number of carbonyl (C=O) groups excluding carboxylic acids is 1. The quantitative estimate of drug-likeness (QED) is 0.732. The van der Waals surface area contributed by atoms with Crippen LogP contribution in [-0.2, 0) is 9.59 Å². The molecule has 2 atom stereocenters. The standard InChI is InChI=1S/C14H16FNO4/c15-10-3-1-2-9(6-10)11(17)7-12(18)16-13(14(19)20)8-4-5-8/h1-3,6,8,11,13,17H,4-5,7H2,(H,16,18)(H,19,20). The number of aliphatic hydroxyl groups excluding tert-OH is 1. The third-order valence-corrected chi connectivity index (χ3v) is 3.29. The van der Waals surface area contributed by atoms with Gasteiger partial charge in [0.05, 0.1) is 12.5 Å². The second-order valence-corrected chi connectivity index (χ2v) is 5.00. The number of rotatable bonds is 6. The first-order chi connectivity index (χ1) is 9.47. The van der Waals surface area contributed by atoms with Crippen molar-refractivity contribution in [1.29, 1.82) is 0 Å². The summed E-state index contributed by atoms with van der Waals surface area (Å²) in [6.45, 7) is 0. The monoisotopic (exact) mass is 281 g/mol. The Balaban J connectivity index is 1.92. The number of halogens is 1. The van der Waals surface area contributed by atoms with Crippen LogP contribution < -0.4 is 5.32 Å². The van der Waals surface area contributed by atoms with E-state index in [1.165, 1.54) is 18.2 Å². The van der Waals surface area contributed by atoms with Crippen LogP contribution in [0.15, 0.2) is 24.3 Å². The average molecular weight is 281 g/mol. The first-order valence-corrected chi connectivity index (χ1v) is 6.43. The van der Waals surface area contributed by atoms with Gasteiger partial charge in [0.15, 0.2) is 0 Å². The minimum absolute atomic E-state index is 0.0252. The van der Waals surface area contributed by atoms with Crippen molar-refractivity contribution in [3.63, 3.8) is 0 Å². The van der Waals surface area contributed by atoms with Gasteiger partial charge in [0, 0.05) is 0 Å². The summed E-state index contributed by atoms with van der Waals surface area (Å²) in [5, 5.41) is 21.2. The molecule has 3 N–H and O–H groups in total. The van der Waals surface area contributed by atoms with Crippen LogP contribution in [0.25, 0.3) is 0 Å². The van der Waals surface area contributed by atoms with Gasteiger partial charge in [0.25, 0.3) is 0 Å². The largest absolute Gasteiger partial charge is 0.480 e. The summed E-state index contributed by atoms with van der Waals surface area (Å²) in [5.74, 6) is -2.15. The Hall–Kier alpha value is -1.95. The molecular weight excluding hydrogens is 265 g/mol. The van der Waals surface area contributed by atoms with Gasteiger partial charge in [-0.05, 0) is 36.5 Å². The summed E-state index contributed by atoms with van der Waals surface area (Å²) in [5.41, 5.74) is 0.290. The van der Waals surface area contributed by atoms with Gasteiger partial charge < -0.3 is 15.5 Å². The second-order valence-electron chi connectivity index (χ2n) is 5.00. The number of aliphatic carboxylic acids is 1. The van der Waals surface area contributed by atoms with E-state index in [1.54, 1.807) is 0 Å². The number of amides is 1. The zero-order valence-corrected chi connectivity index (χ0v) is 10.8. The lowest BCUT2D eigenvalue weighted by Crippen LogP contribution is -2.42. The summed E-state index contributed by atoms with van der Waals surface area (Å²) < 4.78 is 13.0. The van der Waals surface area contributed by atoms with Crippen LogP contribution in [0.1, 0.15) is 30.9 Å². The molecule has 1 aromatic rings. The molecule has 1 amide bonds. The van der Waals surface area contributed by atoms with Gasteiger partial charge in [-0.1, -0.05) is 12.1 Å². The fourth-order valence-corrected chi connectivity index (χ4v) is 2.05. The van der Waals surface area contributed by atoms with E-state index in [1.807, 2.05) is 0 Å². The topological polar surface area (TPSA) is 86.6 Å². The molecule has 108 valence electrons. The lowest BCUT2D eigenvalue weighted by molar-refractivity contribution is -0.142. The molecule has 0 aromatic heterocycles. The highest BCUT2D eigenvalue weighted by Gasteiger charge is 2.37. The number of nitrogens with one attached hydrogen (secondary N) is 1. The summed E-state index contributed by atoms with van der Waals surface area (Å²) in [4.78, 5) is 22.7. The van der Waals surface area contributed by atoms with Crippen molar-refractivity contribution in [1.82, 2.24) is 5.32 Å². The molecule has 0 bridgehead atoms. The Morgan fingerprint density at radius 2 is 2.10 bits per heavy atom. The normalized spacial score (nSPS) is 17.3. The summed E-state index contributed by atoms with van der Waals surface area (Å²) in [7, 11) is 0. The van der Waals surface area contributed by atoms with E-state index in [0.29, 0.717) is 5.56 Å². The first kappa shape index (κ1) is 14.5. The molecule has 1 aliphatic carbocycles. The van der Waals surface area contributed by atoms with Crippen LogP contribution in [0.3, 0.4) is 0 Å². The first-order valence-electron chi connectivity index (χ1n) is 6.43. The minimum Gasteiger partial charge on any atom is -0.480 e. The lowest BCUT2D eigenvalue weighted by atomic mass is 10.1. The summed E-state index contributed by atoms with van der Waals surface area (Å²) in [6, 6.07) is 4.44. The Labute approximate surface area is 115 Å². The van der Waals surface area contributed by atoms with E-state index in [9.17, 15) is 19.1 Å². The molecule has 0 spiro atoms. The lowest BCUT2D eigenvalue weighted by Gasteiger charge is -2.16. The van der Waals surface area contributed by atoms with Crippen molar-refractivity contribution in [2.24, 2.45) is 5.92 Å². The number of aliphatic hydroxyl groups is 1. The van der Waals surface area contributed by atoms with Gasteiger partial charge in [-0.3, -0.25) is 4.79 Å². The molecule has 1 fully saturated rings. The maximum atomic E-state index is 13.0. The van der Waals surface area contributed by atoms with Crippen molar-refractivity contribution in [2.75, 3.05) is 0 Å². The molecular formula is C14H16FNO4. The number of carboxylic acid groups (broad SMARTS) is 1. The van der Waals surface area contributed by atoms with Crippen molar-refractivity contribution in [3.8, 4) is 0 Å². The van der Waals surface area contributed by atoms with E-state index in [2.05, 4.69) is 5.32 Å². The van der Waals surface area contributed by atoms with Crippen LogP contribution >= 0.6 is 0 Å². The minimum atomic E-state index is -1.15. The van der Waals surface area contributed by atoms with E-state index >= 15 is 0 Å². The van der Waals surface area contributed by atoms with Crippen molar-refractivity contribution in [3.05, 3.63) is 35.6 Å². The molecule has 0 aliphatic heterocycles. The van der Waals surface area contributed by atoms with Crippen LogP contribution in [-0.4, -0.2) is 28.1 Å². The van der Waals surface area contributed by atoms with Crippen LogP contribution in [0, 0.1) is 11.7 Å². The van der Waals surface area contributed by atoms with Crippen LogP contribution in [0.4, 0.5) is 4.39 Å². The van der Waals surface area contributed by atoms with E-state index in [-0.39, 0.29) is 12.3 Å². The van der Waals surface area contributed by atoms with Gasteiger partial charge in [-0.15, -0.1) is 0 Å². The fourth-order valence-electron chi connectivity index (χ4n) is 2.05. The van der Waals surface area contributed by atoms with Crippen LogP contribution in [0.5, 0.6) is 0 Å². The molecule has 1 aromatic carbocycles. The van der Waals surface area contributed by atoms with Gasteiger partial charge >= 0.3 is 5.97 Å². The highest BCUT2D eigenvalue weighted by Crippen LogP contribution is 2.32.